The van der Waals surface area contributed by atoms with E-state index in [9.17, 15) is 0 Å². The van der Waals surface area contributed by atoms with Gasteiger partial charge in [-0.25, -0.2) is 0 Å². The molecule has 2 nitrogen and oxygen atoms in total. The van der Waals surface area contributed by atoms with Crippen molar-refractivity contribution < 1.29 is 0 Å². The quantitative estimate of drug-likeness (QED) is 0.784. The molecule has 0 aromatic heterocycles. The molecule has 2 heteroatoms. The van der Waals surface area contributed by atoms with E-state index in [1.807, 2.05) is 12.1 Å². The summed E-state index contributed by atoms with van der Waals surface area (Å²) in [5, 5.41) is 0. The minimum Gasteiger partial charge on any atom is -0.341 e. The fourth-order valence-electron chi connectivity index (χ4n) is 2.46. The van der Waals surface area contributed by atoms with Gasteiger partial charge in [0.15, 0.2) is 0 Å². The lowest BCUT2D eigenvalue weighted by Gasteiger charge is -2.28. The topological polar surface area (TPSA) is 6.48 Å². The molecule has 2 rings (SSSR count). The molecule has 2 aromatic carbocycles. The Labute approximate surface area is 129 Å². The van der Waals surface area contributed by atoms with E-state index in [1.165, 1.54) is 0 Å². The van der Waals surface area contributed by atoms with E-state index in [1.54, 1.807) is 0 Å². The molecule has 0 heterocycles. The van der Waals surface area contributed by atoms with Gasteiger partial charge in [-0.2, -0.15) is 0 Å². The van der Waals surface area contributed by atoms with E-state index >= 15 is 0 Å². The number of rotatable bonds is 6. The normalized spacial score (nSPS) is 10.9. The molecule has 0 aliphatic carbocycles. The Bertz CT molecular complexity index is 530. The van der Waals surface area contributed by atoms with E-state index in [0.717, 1.165) is 42.0 Å². The van der Waals surface area contributed by atoms with Crippen molar-refractivity contribution in [1.29, 1.82) is 0 Å². The van der Waals surface area contributed by atoms with Gasteiger partial charge in [0.05, 0.1) is 0 Å². The molecular weight excluding hydrogens is 256 g/mol. The van der Waals surface area contributed by atoms with Gasteiger partial charge in [0.25, 0.3) is 0 Å². The minimum absolute atomic E-state index is 0.956. The van der Waals surface area contributed by atoms with E-state index in [4.69, 9.17) is 0 Å². The molecule has 0 aliphatic heterocycles. The first-order valence-corrected chi connectivity index (χ1v) is 7.34. The summed E-state index contributed by atoms with van der Waals surface area (Å²) in [6.45, 7) is 10.4. The average Bonchev–Trinajstić information content (AvgIpc) is 2.45. The lowest BCUT2D eigenvalue weighted by molar-refractivity contribution is 0.402. The van der Waals surface area contributed by atoms with Crippen LogP contribution < -0.4 is 4.90 Å². The summed E-state index contributed by atoms with van der Waals surface area (Å²) in [6, 6.07) is 16.6. The second kappa shape index (κ2) is 7.28. The van der Waals surface area contributed by atoms with Crippen LogP contribution in [0.25, 0.3) is 0 Å². The second-order valence-electron chi connectivity index (χ2n) is 5.57. The van der Waals surface area contributed by atoms with Crippen LogP contribution in [-0.2, 0) is 0 Å². The number of benzene rings is 2. The SMILES string of the molecule is [CH2]c1ccccc1N(CCCN(C)C)c1ccccc1[CH2]. The van der Waals surface area contributed by atoms with Crippen LogP contribution >= 0.6 is 0 Å². The minimum atomic E-state index is 0.956. The number of hydrogen-bond donors (Lipinski definition) is 0. The molecule has 0 atom stereocenters. The zero-order valence-electron chi connectivity index (χ0n) is 13.0. The Hall–Kier alpha value is -1.80. The lowest BCUT2D eigenvalue weighted by atomic mass is 10.1. The molecule has 2 aromatic rings. The van der Waals surface area contributed by atoms with Crippen molar-refractivity contribution in [2.24, 2.45) is 0 Å². The van der Waals surface area contributed by atoms with E-state index in [2.05, 4.69) is 74.1 Å². The molecule has 0 amide bonds. The van der Waals surface area contributed by atoms with Crippen LogP contribution in [-0.4, -0.2) is 32.1 Å². The fraction of sp³-hybridized carbons (Fsp3) is 0.263. The average molecular weight is 280 g/mol. The van der Waals surface area contributed by atoms with Gasteiger partial charge in [0.1, 0.15) is 0 Å². The maximum Gasteiger partial charge on any atom is 0.0443 e. The highest BCUT2D eigenvalue weighted by atomic mass is 15.1. The zero-order valence-corrected chi connectivity index (χ0v) is 13.0. The maximum atomic E-state index is 4.17. The Kier molecular flexibility index (Phi) is 5.40. The molecule has 0 unspecified atom stereocenters. The summed E-state index contributed by atoms with van der Waals surface area (Å²) >= 11 is 0. The molecule has 0 N–H and O–H groups in total. The van der Waals surface area contributed by atoms with Gasteiger partial charge >= 0.3 is 0 Å². The highest BCUT2D eigenvalue weighted by Gasteiger charge is 2.13. The third-order valence-corrected chi connectivity index (χ3v) is 3.55. The third kappa shape index (κ3) is 4.08. The number of para-hydroxylation sites is 2. The molecule has 0 saturated carbocycles. The van der Waals surface area contributed by atoms with Crippen LogP contribution in [0, 0.1) is 13.8 Å². The Balaban J connectivity index is 2.31. The number of nitrogens with zero attached hydrogens (tertiary/aromatic N) is 2. The highest BCUT2D eigenvalue weighted by Crippen LogP contribution is 2.30. The highest BCUT2D eigenvalue weighted by molar-refractivity contribution is 5.70. The summed E-state index contributed by atoms with van der Waals surface area (Å²) in [5.74, 6) is 0. The summed E-state index contributed by atoms with van der Waals surface area (Å²) in [7, 11) is 4.21. The molecule has 0 bridgehead atoms. The zero-order chi connectivity index (χ0) is 15.2. The van der Waals surface area contributed by atoms with E-state index < -0.39 is 0 Å². The van der Waals surface area contributed by atoms with Crippen molar-refractivity contribution in [2.45, 2.75) is 6.42 Å². The lowest BCUT2D eigenvalue weighted by Crippen LogP contribution is -2.24. The predicted octanol–water partition coefficient (Wildman–Crippen LogP) is 4.14. The maximum absolute atomic E-state index is 4.17. The first-order valence-electron chi connectivity index (χ1n) is 7.34. The first kappa shape index (κ1) is 15.6. The van der Waals surface area contributed by atoms with Gasteiger partial charge in [-0.05, 0) is 64.2 Å². The van der Waals surface area contributed by atoms with Crippen LogP contribution in [0.2, 0.25) is 0 Å². The molecular formula is C19H24N2. The van der Waals surface area contributed by atoms with Gasteiger partial charge in [0.2, 0.25) is 0 Å². The van der Waals surface area contributed by atoms with Crippen molar-refractivity contribution in [3.63, 3.8) is 0 Å². The molecule has 0 saturated heterocycles. The van der Waals surface area contributed by atoms with Crippen LogP contribution in [0.15, 0.2) is 48.5 Å². The second-order valence-corrected chi connectivity index (χ2v) is 5.57. The van der Waals surface area contributed by atoms with Crippen molar-refractivity contribution in [1.82, 2.24) is 4.90 Å². The Morgan fingerprint density at radius 3 is 1.67 bits per heavy atom. The molecule has 0 aliphatic rings. The van der Waals surface area contributed by atoms with Gasteiger partial charge in [0, 0.05) is 17.9 Å². The van der Waals surface area contributed by atoms with Crippen LogP contribution in [0.5, 0.6) is 0 Å². The van der Waals surface area contributed by atoms with Gasteiger partial charge < -0.3 is 9.80 Å². The van der Waals surface area contributed by atoms with Crippen molar-refractivity contribution in [3.8, 4) is 0 Å². The number of hydrogen-bond acceptors (Lipinski definition) is 2. The molecule has 0 fully saturated rings. The van der Waals surface area contributed by atoms with Crippen LogP contribution in [0.3, 0.4) is 0 Å². The Morgan fingerprint density at radius 2 is 1.24 bits per heavy atom. The largest absolute Gasteiger partial charge is 0.341 e. The summed E-state index contributed by atoms with van der Waals surface area (Å²) in [4.78, 5) is 4.54. The Morgan fingerprint density at radius 1 is 0.762 bits per heavy atom. The van der Waals surface area contributed by atoms with Gasteiger partial charge in [-0.15, -0.1) is 0 Å². The number of anilines is 2. The summed E-state index contributed by atoms with van der Waals surface area (Å²) < 4.78 is 0. The van der Waals surface area contributed by atoms with Gasteiger partial charge in [-0.1, -0.05) is 36.4 Å². The molecule has 2 radical (unpaired) electrons. The van der Waals surface area contributed by atoms with Crippen molar-refractivity contribution >= 4 is 11.4 Å². The van der Waals surface area contributed by atoms with Crippen LogP contribution in [0.1, 0.15) is 17.5 Å². The standard InChI is InChI=1S/C19H24N2/c1-16-10-5-7-12-18(16)21(15-9-14-20(3)4)19-13-8-6-11-17(19)2/h5-8,10-13H,1-2,9,14-15H2,3-4H3. The summed E-state index contributed by atoms with van der Waals surface area (Å²) in [6.07, 6.45) is 1.09. The van der Waals surface area contributed by atoms with E-state index in [0.29, 0.717) is 0 Å². The van der Waals surface area contributed by atoms with Crippen molar-refractivity contribution in [2.75, 3.05) is 32.1 Å². The van der Waals surface area contributed by atoms with Crippen molar-refractivity contribution in [3.05, 3.63) is 73.5 Å². The fourth-order valence-corrected chi connectivity index (χ4v) is 2.46. The predicted molar refractivity (Wildman–Crippen MR) is 92.0 cm³/mol. The van der Waals surface area contributed by atoms with Gasteiger partial charge in [-0.3, -0.25) is 0 Å². The molecule has 0 spiro atoms. The first-order chi connectivity index (χ1) is 10.1. The van der Waals surface area contributed by atoms with E-state index in [-0.39, 0.29) is 0 Å². The smallest absolute Gasteiger partial charge is 0.0443 e. The summed E-state index contributed by atoms with van der Waals surface area (Å²) in [5.41, 5.74) is 4.41. The monoisotopic (exact) mass is 280 g/mol. The molecule has 110 valence electrons. The third-order valence-electron chi connectivity index (χ3n) is 3.55. The molecule has 21 heavy (non-hydrogen) atoms. The van der Waals surface area contributed by atoms with Crippen LogP contribution in [0.4, 0.5) is 11.4 Å².